The largest absolute Gasteiger partial charge is 0.454 e. The van der Waals surface area contributed by atoms with Crippen molar-refractivity contribution in [2.45, 2.75) is 0 Å². The van der Waals surface area contributed by atoms with E-state index in [1.165, 1.54) is 11.3 Å². The molecule has 0 fully saturated rings. The first-order chi connectivity index (χ1) is 8.31. The molecular weight excluding hydrogens is 302 g/mol. The molecule has 0 aliphatic carbocycles. The second-order valence-electron chi connectivity index (χ2n) is 3.29. The van der Waals surface area contributed by atoms with Gasteiger partial charge in [0.1, 0.15) is 4.60 Å². The molecule has 0 radical (unpaired) electrons. The minimum absolute atomic E-state index is 0.283. The zero-order valence-electron chi connectivity index (χ0n) is 8.57. The number of rotatable bonds is 0. The second-order valence-corrected chi connectivity index (χ2v) is 4.96. The van der Waals surface area contributed by atoms with Crippen molar-refractivity contribution in [1.82, 2.24) is 4.98 Å². The summed E-state index contributed by atoms with van der Waals surface area (Å²) in [5.41, 5.74) is 0.889. The predicted octanol–water partition coefficient (Wildman–Crippen LogP) is 3.03. The molecule has 1 aliphatic rings. The highest BCUT2D eigenvalue weighted by Gasteiger charge is 2.12. The van der Waals surface area contributed by atoms with Crippen LogP contribution < -0.4 is 9.47 Å². The highest BCUT2D eigenvalue weighted by molar-refractivity contribution is 9.10. The maximum Gasteiger partial charge on any atom is 0.231 e. The maximum atomic E-state index is 5.28. The Balaban J connectivity index is 1.88. The van der Waals surface area contributed by atoms with Crippen LogP contribution >= 0.6 is 27.3 Å². The van der Waals surface area contributed by atoms with Crippen molar-refractivity contribution in [3.63, 3.8) is 0 Å². The first-order valence-corrected chi connectivity index (χ1v) is 6.51. The topological polar surface area (TPSA) is 31.4 Å². The monoisotopic (exact) mass is 307 g/mol. The van der Waals surface area contributed by atoms with Gasteiger partial charge in [0.25, 0.3) is 0 Å². The summed E-state index contributed by atoms with van der Waals surface area (Å²) in [7, 11) is 0. The number of hydrogen-bond acceptors (Lipinski definition) is 4. The number of ether oxygens (including phenoxy) is 2. The van der Waals surface area contributed by atoms with Gasteiger partial charge in [-0.3, -0.25) is 0 Å². The van der Waals surface area contributed by atoms with Gasteiger partial charge in [-0.2, -0.15) is 0 Å². The summed E-state index contributed by atoms with van der Waals surface area (Å²) < 4.78 is 11.3. The number of nitrogens with zero attached hydrogens (tertiary/aromatic N) is 1. The van der Waals surface area contributed by atoms with Crippen molar-refractivity contribution in [2.24, 2.45) is 0 Å². The standard InChI is InChI=1S/C12H6BrNO2S/c13-11-6-17-12(14-11)4-2-8-1-3-9-10(5-8)16-7-15-9/h1,3,5-6H,7H2. The van der Waals surface area contributed by atoms with Crippen LogP contribution in [0.4, 0.5) is 0 Å². The van der Waals surface area contributed by atoms with E-state index in [1.54, 1.807) is 0 Å². The first kappa shape index (κ1) is 10.6. The van der Waals surface area contributed by atoms with E-state index in [1.807, 2.05) is 23.6 Å². The number of fused-ring (bicyclic) bond motifs is 1. The lowest BCUT2D eigenvalue weighted by atomic mass is 10.2. The van der Waals surface area contributed by atoms with Crippen LogP contribution in [-0.2, 0) is 0 Å². The molecule has 1 aromatic carbocycles. The second kappa shape index (κ2) is 4.40. The molecule has 1 aromatic heterocycles. The van der Waals surface area contributed by atoms with Crippen LogP contribution in [0.15, 0.2) is 28.2 Å². The lowest BCUT2D eigenvalue weighted by Gasteiger charge is -1.94. The van der Waals surface area contributed by atoms with Gasteiger partial charge in [0, 0.05) is 10.9 Å². The van der Waals surface area contributed by atoms with Gasteiger partial charge in [-0.1, -0.05) is 5.92 Å². The van der Waals surface area contributed by atoms with Crippen LogP contribution in [-0.4, -0.2) is 11.8 Å². The number of halogens is 1. The molecule has 0 bridgehead atoms. The average molecular weight is 308 g/mol. The fourth-order valence-electron chi connectivity index (χ4n) is 1.41. The van der Waals surface area contributed by atoms with E-state index in [0.29, 0.717) is 0 Å². The molecule has 17 heavy (non-hydrogen) atoms. The highest BCUT2D eigenvalue weighted by Crippen LogP contribution is 2.32. The number of thiazole rings is 1. The SMILES string of the molecule is Brc1csc(C#Cc2ccc3c(c2)OCO3)n1. The Kier molecular flexibility index (Phi) is 2.75. The Morgan fingerprint density at radius 1 is 1.24 bits per heavy atom. The van der Waals surface area contributed by atoms with Crippen molar-refractivity contribution in [2.75, 3.05) is 6.79 Å². The van der Waals surface area contributed by atoms with Gasteiger partial charge in [0.05, 0.1) is 0 Å². The summed E-state index contributed by atoms with van der Waals surface area (Å²) in [5.74, 6) is 7.57. The number of hydrogen-bond donors (Lipinski definition) is 0. The Hall–Kier alpha value is -1.51. The molecular formula is C12H6BrNO2S. The lowest BCUT2D eigenvalue weighted by molar-refractivity contribution is 0.174. The summed E-state index contributed by atoms with van der Waals surface area (Å²) in [6.45, 7) is 0.283. The minimum atomic E-state index is 0.283. The Morgan fingerprint density at radius 2 is 2.12 bits per heavy atom. The summed E-state index contributed by atoms with van der Waals surface area (Å²) in [4.78, 5) is 4.20. The molecule has 3 rings (SSSR count). The average Bonchev–Trinajstić information content (AvgIpc) is 2.94. The summed E-state index contributed by atoms with van der Waals surface area (Å²) >= 11 is 4.80. The van der Waals surface area contributed by atoms with E-state index in [9.17, 15) is 0 Å². The fraction of sp³-hybridized carbons (Fsp3) is 0.0833. The van der Waals surface area contributed by atoms with Crippen molar-refractivity contribution in [3.05, 3.63) is 38.8 Å². The van der Waals surface area contributed by atoms with Crippen LogP contribution in [0, 0.1) is 11.8 Å². The van der Waals surface area contributed by atoms with Crippen molar-refractivity contribution in [1.29, 1.82) is 0 Å². The molecule has 84 valence electrons. The number of benzene rings is 1. The Morgan fingerprint density at radius 3 is 2.94 bits per heavy atom. The normalized spacial score (nSPS) is 12.1. The summed E-state index contributed by atoms with van der Waals surface area (Å²) in [6.07, 6.45) is 0. The quantitative estimate of drug-likeness (QED) is 0.701. The van der Waals surface area contributed by atoms with E-state index in [-0.39, 0.29) is 6.79 Å². The van der Waals surface area contributed by atoms with Crippen molar-refractivity contribution < 1.29 is 9.47 Å². The van der Waals surface area contributed by atoms with Gasteiger partial charge >= 0.3 is 0 Å². The molecule has 0 unspecified atom stereocenters. The van der Waals surface area contributed by atoms with Crippen LogP contribution in [0.1, 0.15) is 10.6 Å². The Bertz CT molecular complexity index is 627. The van der Waals surface area contributed by atoms with Crippen LogP contribution in [0.3, 0.4) is 0 Å². The summed E-state index contributed by atoms with van der Waals surface area (Å²) in [5, 5.41) is 2.69. The molecule has 1 aliphatic heterocycles. The smallest absolute Gasteiger partial charge is 0.231 e. The molecule has 0 atom stereocenters. The van der Waals surface area contributed by atoms with E-state index in [2.05, 4.69) is 32.8 Å². The highest BCUT2D eigenvalue weighted by atomic mass is 79.9. The zero-order valence-corrected chi connectivity index (χ0v) is 11.0. The Labute approximate surface area is 111 Å². The zero-order chi connectivity index (χ0) is 11.7. The molecule has 0 amide bonds. The molecule has 5 heteroatoms. The van der Waals surface area contributed by atoms with Gasteiger partial charge in [0.2, 0.25) is 6.79 Å². The van der Waals surface area contributed by atoms with Gasteiger partial charge in [-0.05, 0) is 40.0 Å². The molecule has 0 spiro atoms. The van der Waals surface area contributed by atoms with Crippen molar-refractivity contribution in [3.8, 4) is 23.3 Å². The third kappa shape index (κ3) is 2.28. The maximum absolute atomic E-state index is 5.28. The third-order valence-electron chi connectivity index (χ3n) is 2.16. The fourth-order valence-corrected chi connectivity index (χ4v) is 2.51. The minimum Gasteiger partial charge on any atom is -0.454 e. The van der Waals surface area contributed by atoms with Crippen molar-refractivity contribution >= 4 is 27.3 Å². The van der Waals surface area contributed by atoms with E-state index >= 15 is 0 Å². The predicted molar refractivity (Wildman–Crippen MR) is 68.4 cm³/mol. The van der Waals surface area contributed by atoms with E-state index in [4.69, 9.17) is 9.47 Å². The van der Waals surface area contributed by atoms with Gasteiger partial charge in [-0.15, -0.1) is 11.3 Å². The molecule has 0 saturated heterocycles. The van der Waals surface area contributed by atoms with E-state index < -0.39 is 0 Å². The van der Waals surface area contributed by atoms with Crippen LogP contribution in [0.5, 0.6) is 11.5 Å². The number of aromatic nitrogens is 1. The molecule has 0 saturated carbocycles. The lowest BCUT2D eigenvalue weighted by Crippen LogP contribution is -1.92. The van der Waals surface area contributed by atoms with Crippen LogP contribution in [0.25, 0.3) is 0 Å². The molecule has 0 N–H and O–H groups in total. The van der Waals surface area contributed by atoms with Crippen LogP contribution in [0.2, 0.25) is 0 Å². The first-order valence-electron chi connectivity index (χ1n) is 4.84. The molecule has 3 nitrogen and oxygen atoms in total. The molecule has 2 heterocycles. The van der Waals surface area contributed by atoms with Gasteiger partial charge in [0.15, 0.2) is 16.5 Å². The molecule has 2 aromatic rings. The third-order valence-corrected chi connectivity index (χ3v) is 3.63. The van der Waals surface area contributed by atoms with Gasteiger partial charge in [-0.25, -0.2) is 4.98 Å². The van der Waals surface area contributed by atoms with Gasteiger partial charge < -0.3 is 9.47 Å². The summed E-state index contributed by atoms with van der Waals surface area (Å²) in [6, 6.07) is 5.64. The van der Waals surface area contributed by atoms with E-state index in [0.717, 1.165) is 26.7 Å².